The summed E-state index contributed by atoms with van der Waals surface area (Å²) in [5.74, 6) is 0.277. The summed E-state index contributed by atoms with van der Waals surface area (Å²) in [4.78, 5) is 26.4. The van der Waals surface area contributed by atoms with Crippen LogP contribution in [0.3, 0.4) is 0 Å². The van der Waals surface area contributed by atoms with Gasteiger partial charge in [0.05, 0.1) is 12.7 Å². The number of esters is 1. The molecule has 0 unspecified atom stereocenters. The zero-order chi connectivity index (χ0) is 20.5. The normalized spacial score (nSPS) is 14.0. The number of amides is 1. The van der Waals surface area contributed by atoms with E-state index in [0.29, 0.717) is 23.7 Å². The highest BCUT2D eigenvalue weighted by Gasteiger charge is 2.18. The van der Waals surface area contributed by atoms with Crippen molar-refractivity contribution in [3.05, 3.63) is 59.7 Å². The molecule has 0 spiro atoms. The predicted octanol–water partition coefficient (Wildman–Crippen LogP) is 3.83. The van der Waals surface area contributed by atoms with Crippen LogP contribution in [0.15, 0.2) is 48.5 Å². The molecule has 6 nitrogen and oxygen atoms in total. The Morgan fingerprint density at radius 3 is 2.34 bits per heavy atom. The Bertz CT molecular complexity index is 813. The van der Waals surface area contributed by atoms with Gasteiger partial charge in [-0.1, -0.05) is 43.2 Å². The summed E-state index contributed by atoms with van der Waals surface area (Å²) >= 11 is 0. The first-order valence-electron chi connectivity index (χ1n) is 9.97. The maximum Gasteiger partial charge on any atom is 0.338 e. The maximum atomic E-state index is 12.4. The topological polar surface area (TPSA) is 65.1 Å². The van der Waals surface area contributed by atoms with Crippen LogP contribution in [0.25, 0.3) is 0 Å². The van der Waals surface area contributed by atoms with Gasteiger partial charge in [-0.2, -0.15) is 0 Å². The van der Waals surface area contributed by atoms with E-state index in [2.05, 4.69) is 0 Å². The molecule has 1 amide bonds. The largest absolute Gasteiger partial charge is 0.493 e. The minimum atomic E-state index is -0.555. The van der Waals surface area contributed by atoms with Crippen LogP contribution in [0.5, 0.6) is 11.5 Å². The zero-order valence-corrected chi connectivity index (χ0v) is 16.8. The zero-order valence-electron chi connectivity index (χ0n) is 16.8. The summed E-state index contributed by atoms with van der Waals surface area (Å²) in [5, 5.41) is 0. The Balaban J connectivity index is 1.56. The van der Waals surface area contributed by atoms with E-state index in [1.807, 2.05) is 30.3 Å². The Morgan fingerprint density at radius 2 is 1.66 bits per heavy atom. The van der Waals surface area contributed by atoms with Crippen LogP contribution >= 0.6 is 0 Å². The number of hydrogen-bond donors (Lipinski definition) is 0. The summed E-state index contributed by atoms with van der Waals surface area (Å²) in [7, 11) is 1.52. The van der Waals surface area contributed by atoms with E-state index < -0.39 is 5.97 Å². The van der Waals surface area contributed by atoms with Crippen molar-refractivity contribution in [2.24, 2.45) is 0 Å². The molecule has 6 heteroatoms. The highest BCUT2D eigenvalue weighted by Crippen LogP contribution is 2.29. The van der Waals surface area contributed by atoms with Gasteiger partial charge in [-0.3, -0.25) is 4.79 Å². The Hall–Kier alpha value is -3.02. The second-order valence-electron chi connectivity index (χ2n) is 7.01. The maximum absolute atomic E-state index is 12.4. The van der Waals surface area contributed by atoms with Crippen LogP contribution in [0.4, 0.5) is 0 Å². The lowest BCUT2D eigenvalue weighted by atomic mass is 10.2. The number of ether oxygens (including phenoxy) is 3. The second kappa shape index (κ2) is 10.5. The number of likely N-dealkylation sites (tertiary alicyclic amines) is 1. The second-order valence-corrected chi connectivity index (χ2v) is 7.01. The third-order valence-corrected chi connectivity index (χ3v) is 4.92. The van der Waals surface area contributed by atoms with E-state index in [1.165, 1.54) is 7.11 Å². The molecule has 1 aliphatic heterocycles. The van der Waals surface area contributed by atoms with Crippen molar-refractivity contribution in [1.82, 2.24) is 4.90 Å². The van der Waals surface area contributed by atoms with E-state index >= 15 is 0 Å². The number of carbonyl (C=O) groups excluding carboxylic acids is 2. The number of rotatable bonds is 7. The minimum absolute atomic E-state index is 0.143. The summed E-state index contributed by atoms with van der Waals surface area (Å²) in [6, 6.07) is 14.6. The smallest absolute Gasteiger partial charge is 0.338 e. The molecule has 0 radical (unpaired) electrons. The molecule has 154 valence electrons. The Morgan fingerprint density at radius 1 is 0.931 bits per heavy atom. The molecule has 1 fully saturated rings. The van der Waals surface area contributed by atoms with Gasteiger partial charge in [0.1, 0.15) is 6.61 Å². The van der Waals surface area contributed by atoms with Crippen molar-refractivity contribution in [3.8, 4) is 11.5 Å². The van der Waals surface area contributed by atoms with Crippen molar-refractivity contribution in [3.63, 3.8) is 0 Å². The van der Waals surface area contributed by atoms with Crippen LogP contribution < -0.4 is 9.47 Å². The molecule has 1 heterocycles. The first-order chi connectivity index (χ1) is 14.2. The lowest BCUT2D eigenvalue weighted by molar-refractivity contribution is -0.134. The summed E-state index contributed by atoms with van der Waals surface area (Å²) in [6.45, 7) is 1.62. The highest BCUT2D eigenvalue weighted by atomic mass is 16.5. The van der Waals surface area contributed by atoms with Crippen molar-refractivity contribution in [2.45, 2.75) is 32.3 Å². The lowest BCUT2D eigenvalue weighted by Gasteiger charge is -2.20. The van der Waals surface area contributed by atoms with E-state index in [1.54, 1.807) is 23.1 Å². The predicted molar refractivity (Wildman–Crippen MR) is 109 cm³/mol. The molecular formula is C23H27NO5. The van der Waals surface area contributed by atoms with Crippen LogP contribution in [-0.2, 0) is 16.1 Å². The summed E-state index contributed by atoms with van der Waals surface area (Å²) in [5.41, 5.74) is 1.35. The molecular weight excluding hydrogens is 370 g/mol. The average molecular weight is 397 g/mol. The van der Waals surface area contributed by atoms with Gasteiger partial charge in [0.2, 0.25) is 0 Å². The van der Waals surface area contributed by atoms with E-state index in [0.717, 1.165) is 44.3 Å². The molecule has 0 saturated carbocycles. The third-order valence-electron chi connectivity index (χ3n) is 4.92. The fourth-order valence-corrected chi connectivity index (χ4v) is 3.27. The number of benzene rings is 2. The van der Waals surface area contributed by atoms with Gasteiger partial charge in [-0.05, 0) is 36.6 Å². The SMILES string of the molecule is COc1cc(C(=O)OCC(=O)N2CCCCCC2)ccc1OCc1ccccc1. The van der Waals surface area contributed by atoms with Gasteiger partial charge in [0.25, 0.3) is 5.91 Å². The van der Waals surface area contributed by atoms with Crippen LogP contribution in [0.2, 0.25) is 0 Å². The summed E-state index contributed by atoms with van der Waals surface area (Å²) in [6.07, 6.45) is 4.28. The van der Waals surface area contributed by atoms with Crippen LogP contribution in [0, 0.1) is 0 Å². The molecule has 0 aromatic heterocycles. The molecule has 1 saturated heterocycles. The Kier molecular flexibility index (Phi) is 7.50. The first kappa shape index (κ1) is 20.7. The first-order valence-corrected chi connectivity index (χ1v) is 9.97. The molecule has 2 aromatic carbocycles. The molecule has 0 aliphatic carbocycles. The van der Waals surface area contributed by atoms with Crippen LogP contribution in [0.1, 0.15) is 41.6 Å². The molecule has 0 N–H and O–H groups in total. The van der Waals surface area contributed by atoms with Crippen molar-refractivity contribution in [2.75, 3.05) is 26.8 Å². The van der Waals surface area contributed by atoms with Crippen molar-refractivity contribution in [1.29, 1.82) is 0 Å². The van der Waals surface area contributed by atoms with Crippen LogP contribution in [-0.4, -0.2) is 43.6 Å². The van der Waals surface area contributed by atoms with Crippen molar-refractivity contribution >= 4 is 11.9 Å². The Labute approximate surface area is 171 Å². The number of nitrogens with zero attached hydrogens (tertiary/aromatic N) is 1. The van der Waals surface area contributed by atoms with Gasteiger partial charge in [0, 0.05) is 13.1 Å². The fraction of sp³-hybridized carbons (Fsp3) is 0.391. The quantitative estimate of drug-likeness (QED) is 0.665. The molecule has 0 atom stereocenters. The van der Waals surface area contributed by atoms with E-state index in [9.17, 15) is 9.59 Å². The van der Waals surface area contributed by atoms with E-state index in [-0.39, 0.29) is 12.5 Å². The number of carbonyl (C=O) groups is 2. The van der Waals surface area contributed by atoms with Gasteiger partial charge in [-0.25, -0.2) is 4.79 Å². The number of hydrogen-bond acceptors (Lipinski definition) is 5. The van der Waals surface area contributed by atoms with Crippen molar-refractivity contribution < 1.29 is 23.8 Å². The van der Waals surface area contributed by atoms with Gasteiger partial charge in [0.15, 0.2) is 18.1 Å². The van der Waals surface area contributed by atoms with E-state index in [4.69, 9.17) is 14.2 Å². The fourth-order valence-electron chi connectivity index (χ4n) is 3.27. The minimum Gasteiger partial charge on any atom is -0.493 e. The third kappa shape index (κ3) is 5.98. The molecule has 29 heavy (non-hydrogen) atoms. The van der Waals surface area contributed by atoms with Gasteiger partial charge in [-0.15, -0.1) is 0 Å². The highest BCUT2D eigenvalue weighted by molar-refractivity contribution is 5.92. The molecule has 3 rings (SSSR count). The monoisotopic (exact) mass is 397 g/mol. The lowest BCUT2D eigenvalue weighted by Crippen LogP contribution is -2.35. The molecule has 2 aromatic rings. The molecule has 1 aliphatic rings. The number of methoxy groups -OCH3 is 1. The standard InChI is InChI=1S/C23H27NO5/c1-27-21-15-19(11-12-20(21)28-16-18-9-5-4-6-10-18)23(26)29-17-22(25)24-13-7-2-3-8-14-24/h4-6,9-12,15H,2-3,7-8,13-14,16-17H2,1H3. The van der Waals surface area contributed by atoms with Gasteiger partial charge < -0.3 is 19.1 Å². The van der Waals surface area contributed by atoms with Gasteiger partial charge >= 0.3 is 5.97 Å². The molecule has 0 bridgehead atoms. The average Bonchev–Trinajstić information content (AvgIpc) is 3.06. The summed E-state index contributed by atoms with van der Waals surface area (Å²) < 4.78 is 16.4.